The van der Waals surface area contributed by atoms with Gasteiger partial charge < -0.3 is 0 Å². The number of nitrogens with zero attached hydrogens (tertiary/aromatic N) is 1. The van der Waals surface area contributed by atoms with Gasteiger partial charge in [0.15, 0.2) is 9.84 Å². The van der Waals surface area contributed by atoms with Gasteiger partial charge in [0.1, 0.15) is 5.82 Å². The van der Waals surface area contributed by atoms with Gasteiger partial charge in [-0.1, -0.05) is 6.07 Å². The molecular weight excluding hydrogens is 413 g/mol. The molecule has 0 spiro atoms. The number of benzene rings is 2. The lowest BCUT2D eigenvalue weighted by molar-refractivity contribution is 0.345. The Labute approximate surface area is 171 Å². The van der Waals surface area contributed by atoms with Crippen LogP contribution in [0.4, 0.5) is 4.39 Å². The third kappa shape index (κ3) is 3.98. The summed E-state index contributed by atoms with van der Waals surface area (Å²) in [6.07, 6.45) is 4.55. The Hall–Kier alpha value is -1.77. The number of hydrogen-bond donors (Lipinski definition) is 0. The fourth-order valence-corrected chi connectivity index (χ4v) is 7.47. The molecule has 0 N–H and O–H groups in total. The zero-order chi connectivity index (χ0) is 20.6. The molecule has 2 aromatic rings. The molecular formula is C21H24FNO4S2. The molecule has 156 valence electrons. The minimum Gasteiger partial charge on any atom is -0.223 e. The normalized spacial score (nSPS) is 19.1. The van der Waals surface area contributed by atoms with Crippen molar-refractivity contribution in [2.24, 2.45) is 0 Å². The largest absolute Gasteiger partial charge is 0.243 e. The summed E-state index contributed by atoms with van der Waals surface area (Å²) < 4.78 is 66.2. The van der Waals surface area contributed by atoms with Crippen molar-refractivity contribution in [2.45, 2.75) is 53.6 Å². The smallest absolute Gasteiger partial charge is 0.223 e. The van der Waals surface area contributed by atoms with Crippen LogP contribution in [0.25, 0.3) is 0 Å². The van der Waals surface area contributed by atoms with E-state index in [1.54, 1.807) is 12.1 Å². The van der Waals surface area contributed by atoms with Crippen LogP contribution in [-0.2, 0) is 32.7 Å². The van der Waals surface area contributed by atoms with Crippen molar-refractivity contribution >= 4 is 19.9 Å². The standard InChI is InChI=1S/C21H24FNO4S2/c22-18-6-9-19(10-7-18)28(24,25)20-11-13-23(14-12-20)29(26,27)21-8-5-16-3-1-2-4-17(16)15-21/h5-10,15,20H,1-4,11-14H2. The summed E-state index contributed by atoms with van der Waals surface area (Å²) in [7, 11) is -7.26. The molecule has 2 aromatic carbocycles. The lowest BCUT2D eigenvalue weighted by Crippen LogP contribution is -2.42. The summed E-state index contributed by atoms with van der Waals surface area (Å²) >= 11 is 0. The molecule has 0 bridgehead atoms. The molecule has 1 fully saturated rings. The van der Waals surface area contributed by atoms with Crippen LogP contribution in [0.2, 0.25) is 0 Å². The molecule has 2 aliphatic rings. The molecule has 1 aliphatic heterocycles. The first-order valence-corrected chi connectivity index (χ1v) is 12.9. The zero-order valence-electron chi connectivity index (χ0n) is 16.1. The fraction of sp³-hybridized carbons (Fsp3) is 0.429. The molecule has 0 radical (unpaired) electrons. The third-order valence-electron chi connectivity index (χ3n) is 5.94. The molecule has 0 amide bonds. The van der Waals surface area contributed by atoms with Gasteiger partial charge in [-0.15, -0.1) is 0 Å². The number of sulfone groups is 1. The fourth-order valence-electron chi connectivity index (χ4n) is 4.22. The molecule has 1 heterocycles. The van der Waals surface area contributed by atoms with Crippen molar-refractivity contribution in [1.82, 2.24) is 4.31 Å². The molecule has 5 nitrogen and oxygen atoms in total. The minimum atomic E-state index is -3.65. The van der Waals surface area contributed by atoms with Crippen molar-refractivity contribution in [3.05, 3.63) is 59.4 Å². The Morgan fingerprint density at radius 3 is 2.03 bits per heavy atom. The van der Waals surface area contributed by atoms with Crippen LogP contribution in [0.15, 0.2) is 52.3 Å². The average Bonchev–Trinajstić information content (AvgIpc) is 2.74. The van der Waals surface area contributed by atoms with Crippen molar-refractivity contribution < 1.29 is 21.2 Å². The highest BCUT2D eigenvalue weighted by atomic mass is 32.2. The lowest BCUT2D eigenvalue weighted by atomic mass is 9.92. The third-order valence-corrected chi connectivity index (χ3v) is 10.1. The van der Waals surface area contributed by atoms with Crippen LogP contribution in [-0.4, -0.2) is 39.5 Å². The number of halogens is 1. The first kappa shape index (κ1) is 20.5. The molecule has 0 unspecified atom stereocenters. The highest BCUT2D eigenvalue weighted by Crippen LogP contribution is 2.30. The Balaban J connectivity index is 1.49. The van der Waals surface area contributed by atoms with E-state index >= 15 is 0 Å². The summed E-state index contributed by atoms with van der Waals surface area (Å²) in [5.41, 5.74) is 2.32. The Morgan fingerprint density at radius 1 is 0.793 bits per heavy atom. The molecule has 1 aliphatic carbocycles. The summed E-state index contributed by atoms with van der Waals surface area (Å²) in [5, 5.41) is -0.664. The van der Waals surface area contributed by atoms with Crippen LogP contribution in [0.1, 0.15) is 36.8 Å². The summed E-state index contributed by atoms with van der Waals surface area (Å²) in [5.74, 6) is -0.491. The van der Waals surface area contributed by atoms with Gasteiger partial charge in [-0.3, -0.25) is 0 Å². The topological polar surface area (TPSA) is 71.5 Å². The molecule has 4 rings (SSSR count). The SMILES string of the molecule is O=S(=O)(c1ccc(F)cc1)C1CCN(S(=O)(=O)c2ccc3c(c2)CCCC3)CC1. The monoisotopic (exact) mass is 437 g/mol. The van der Waals surface area contributed by atoms with Gasteiger partial charge in [-0.25, -0.2) is 21.2 Å². The van der Waals surface area contributed by atoms with Crippen LogP contribution >= 0.6 is 0 Å². The van der Waals surface area contributed by atoms with E-state index in [-0.39, 0.29) is 35.7 Å². The van der Waals surface area contributed by atoms with Gasteiger partial charge >= 0.3 is 0 Å². The van der Waals surface area contributed by atoms with Crippen LogP contribution in [0.5, 0.6) is 0 Å². The van der Waals surface area contributed by atoms with Crippen molar-refractivity contribution in [1.29, 1.82) is 0 Å². The van der Waals surface area contributed by atoms with Gasteiger partial charge in [0.25, 0.3) is 0 Å². The van der Waals surface area contributed by atoms with E-state index in [2.05, 4.69) is 0 Å². The van der Waals surface area contributed by atoms with Crippen molar-refractivity contribution in [2.75, 3.05) is 13.1 Å². The van der Waals surface area contributed by atoms with Crippen molar-refractivity contribution in [3.63, 3.8) is 0 Å². The number of sulfonamides is 1. The second-order valence-electron chi connectivity index (χ2n) is 7.74. The molecule has 1 saturated heterocycles. The molecule has 0 aromatic heterocycles. The number of hydrogen-bond acceptors (Lipinski definition) is 4. The van der Waals surface area contributed by atoms with E-state index in [1.807, 2.05) is 6.07 Å². The van der Waals surface area contributed by atoms with E-state index < -0.39 is 30.9 Å². The minimum absolute atomic E-state index is 0.0786. The number of rotatable bonds is 4. The van der Waals surface area contributed by atoms with Gasteiger partial charge in [0.05, 0.1) is 15.0 Å². The molecule has 8 heteroatoms. The lowest BCUT2D eigenvalue weighted by Gasteiger charge is -2.31. The maximum Gasteiger partial charge on any atom is 0.243 e. The second kappa shape index (κ2) is 7.81. The molecule has 0 atom stereocenters. The van der Waals surface area contributed by atoms with Gasteiger partial charge in [0.2, 0.25) is 10.0 Å². The molecule has 0 saturated carbocycles. The second-order valence-corrected chi connectivity index (χ2v) is 11.9. The maximum absolute atomic E-state index is 13.1. The number of piperidine rings is 1. The maximum atomic E-state index is 13.1. The van der Waals surface area contributed by atoms with E-state index in [9.17, 15) is 21.2 Å². The van der Waals surface area contributed by atoms with Gasteiger partial charge in [-0.2, -0.15) is 4.31 Å². The quantitative estimate of drug-likeness (QED) is 0.688. The summed E-state index contributed by atoms with van der Waals surface area (Å²) in [6.45, 7) is 0.315. The Morgan fingerprint density at radius 2 is 1.38 bits per heavy atom. The zero-order valence-corrected chi connectivity index (χ0v) is 17.7. The van der Waals surface area contributed by atoms with E-state index in [1.165, 1.54) is 22.0 Å². The first-order chi connectivity index (χ1) is 13.8. The first-order valence-electron chi connectivity index (χ1n) is 9.90. The summed E-state index contributed by atoms with van der Waals surface area (Å²) in [4.78, 5) is 0.368. The highest BCUT2D eigenvalue weighted by molar-refractivity contribution is 7.92. The number of fused-ring (bicyclic) bond motifs is 1. The van der Waals surface area contributed by atoms with E-state index in [0.717, 1.165) is 43.4 Å². The van der Waals surface area contributed by atoms with Crippen LogP contribution in [0.3, 0.4) is 0 Å². The van der Waals surface area contributed by atoms with Gasteiger partial charge in [0, 0.05) is 13.1 Å². The van der Waals surface area contributed by atoms with E-state index in [4.69, 9.17) is 0 Å². The predicted octanol–water partition coefficient (Wildman–Crippen LogP) is 3.33. The van der Waals surface area contributed by atoms with Crippen LogP contribution < -0.4 is 0 Å². The average molecular weight is 438 g/mol. The van der Waals surface area contributed by atoms with E-state index in [0.29, 0.717) is 0 Å². The number of aryl methyl sites for hydroxylation is 2. The predicted molar refractivity (Wildman–Crippen MR) is 108 cm³/mol. The Kier molecular flexibility index (Phi) is 5.52. The van der Waals surface area contributed by atoms with Crippen LogP contribution in [0, 0.1) is 5.82 Å². The van der Waals surface area contributed by atoms with Crippen molar-refractivity contribution in [3.8, 4) is 0 Å². The van der Waals surface area contributed by atoms with Gasteiger partial charge in [-0.05, 0) is 86.1 Å². The Bertz CT molecular complexity index is 1100. The summed E-state index contributed by atoms with van der Waals surface area (Å²) in [6, 6.07) is 10.1. The molecule has 29 heavy (non-hydrogen) atoms. The highest BCUT2D eigenvalue weighted by Gasteiger charge is 2.36.